The third-order valence-electron chi connectivity index (χ3n) is 1.86. The van der Waals surface area contributed by atoms with Crippen LogP contribution < -0.4 is 0 Å². The highest BCUT2D eigenvalue weighted by molar-refractivity contribution is 8.02. The third-order valence-corrected chi connectivity index (χ3v) is 4.45. The van der Waals surface area contributed by atoms with Crippen molar-refractivity contribution in [1.29, 1.82) is 0 Å². The van der Waals surface area contributed by atoms with E-state index in [1.54, 1.807) is 13.8 Å². The Morgan fingerprint density at radius 3 is 2.50 bits per heavy atom. The van der Waals surface area contributed by atoms with Crippen LogP contribution in [0.5, 0.6) is 0 Å². The van der Waals surface area contributed by atoms with E-state index in [-0.39, 0.29) is 4.88 Å². The monoisotopic (exact) mass is 261 g/mol. The van der Waals surface area contributed by atoms with Gasteiger partial charge in [-0.3, -0.25) is 4.79 Å². The van der Waals surface area contributed by atoms with Gasteiger partial charge in [0, 0.05) is 0 Å². The summed E-state index contributed by atoms with van der Waals surface area (Å²) in [5.74, 6) is -1.93. The van der Waals surface area contributed by atoms with E-state index in [2.05, 4.69) is 4.98 Å². The van der Waals surface area contributed by atoms with Gasteiger partial charge in [-0.05, 0) is 13.3 Å². The van der Waals surface area contributed by atoms with Crippen molar-refractivity contribution in [3.8, 4) is 0 Å². The predicted octanol–water partition coefficient (Wildman–Crippen LogP) is 2.11. The first-order chi connectivity index (χ1) is 7.45. The lowest BCUT2D eigenvalue weighted by molar-refractivity contribution is -0.136. The molecule has 0 aliphatic heterocycles. The van der Waals surface area contributed by atoms with Crippen LogP contribution in [0.4, 0.5) is 0 Å². The van der Waals surface area contributed by atoms with Crippen molar-refractivity contribution < 1.29 is 19.8 Å². The van der Waals surface area contributed by atoms with Crippen molar-refractivity contribution in [2.24, 2.45) is 0 Å². The molecule has 1 aromatic rings. The molecule has 0 fully saturated rings. The Bertz CT molecular complexity index is 416. The van der Waals surface area contributed by atoms with E-state index < -0.39 is 17.2 Å². The second-order valence-electron chi connectivity index (χ2n) is 3.05. The Morgan fingerprint density at radius 2 is 2.12 bits per heavy atom. The standard InChI is InChI=1S/C9H11NO4S2/c1-3-5(7(11)12)15-9-10-4(2)6(16-9)8(13)14/h5H,3H2,1-2H3,(H,11,12)(H,13,14). The maximum atomic E-state index is 10.8. The van der Waals surface area contributed by atoms with Gasteiger partial charge in [-0.2, -0.15) is 0 Å². The van der Waals surface area contributed by atoms with E-state index >= 15 is 0 Å². The number of aryl methyl sites for hydroxylation is 1. The van der Waals surface area contributed by atoms with Crippen LogP contribution >= 0.6 is 23.1 Å². The van der Waals surface area contributed by atoms with Gasteiger partial charge in [-0.25, -0.2) is 9.78 Å². The lowest BCUT2D eigenvalue weighted by atomic mass is 10.3. The van der Waals surface area contributed by atoms with E-state index in [1.807, 2.05) is 0 Å². The van der Waals surface area contributed by atoms with Crippen molar-refractivity contribution >= 4 is 35.0 Å². The number of carboxylic acid groups (broad SMARTS) is 2. The molecule has 0 saturated carbocycles. The summed E-state index contributed by atoms with van der Waals surface area (Å²) in [6.45, 7) is 3.37. The van der Waals surface area contributed by atoms with Crippen LogP contribution in [0.25, 0.3) is 0 Å². The zero-order valence-corrected chi connectivity index (χ0v) is 10.4. The number of nitrogens with zero attached hydrogens (tertiary/aromatic N) is 1. The fraction of sp³-hybridized carbons (Fsp3) is 0.444. The normalized spacial score (nSPS) is 12.4. The molecule has 1 unspecified atom stereocenters. The van der Waals surface area contributed by atoms with Gasteiger partial charge in [0.1, 0.15) is 10.1 Å². The number of carboxylic acids is 2. The first kappa shape index (κ1) is 13.0. The van der Waals surface area contributed by atoms with Crippen molar-refractivity contribution in [3.05, 3.63) is 10.6 Å². The van der Waals surface area contributed by atoms with Gasteiger partial charge in [0.2, 0.25) is 0 Å². The smallest absolute Gasteiger partial charge is 0.347 e. The molecule has 0 aliphatic rings. The highest BCUT2D eigenvalue weighted by Gasteiger charge is 2.21. The van der Waals surface area contributed by atoms with Crippen molar-refractivity contribution in [3.63, 3.8) is 0 Å². The average molecular weight is 261 g/mol. The van der Waals surface area contributed by atoms with Crippen LogP contribution in [-0.4, -0.2) is 32.4 Å². The molecule has 2 N–H and O–H groups in total. The Kier molecular flexibility index (Phi) is 4.31. The lowest BCUT2D eigenvalue weighted by Crippen LogP contribution is -2.14. The molecule has 1 atom stereocenters. The van der Waals surface area contributed by atoms with Gasteiger partial charge in [-0.15, -0.1) is 11.3 Å². The van der Waals surface area contributed by atoms with Gasteiger partial charge < -0.3 is 10.2 Å². The van der Waals surface area contributed by atoms with E-state index in [0.29, 0.717) is 16.5 Å². The van der Waals surface area contributed by atoms with Gasteiger partial charge in [0.05, 0.1) is 5.69 Å². The van der Waals surface area contributed by atoms with Crippen molar-refractivity contribution in [2.45, 2.75) is 29.9 Å². The van der Waals surface area contributed by atoms with Crippen LogP contribution in [0.3, 0.4) is 0 Å². The van der Waals surface area contributed by atoms with Crippen molar-refractivity contribution in [2.75, 3.05) is 0 Å². The molecule has 1 heterocycles. The number of hydrogen-bond donors (Lipinski definition) is 2. The van der Waals surface area contributed by atoms with E-state index in [9.17, 15) is 9.59 Å². The van der Waals surface area contributed by atoms with Crippen LogP contribution in [-0.2, 0) is 4.79 Å². The molecule has 0 aromatic carbocycles. The molecule has 5 nitrogen and oxygen atoms in total. The van der Waals surface area contributed by atoms with Crippen LogP contribution in [0.2, 0.25) is 0 Å². The Labute approximate surface area is 101 Å². The van der Waals surface area contributed by atoms with E-state index in [4.69, 9.17) is 10.2 Å². The summed E-state index contributed by atoms with van der Waals surface area (Å²) in [7, 11) is 0. The largest absolute Gasteiger partial charge is 0.480 e. The van der Waals surface area contributed by atoms with Crippen LogP contribution in [0.1, 0.15) is 28.7 Å². The highest BCUT2D eigenvalue weighted by Crippen LogP contribution is 2.31. The molecular weight excluding hydrogens is 250 g/mol. The Hall–Kier alpha value is -1.08. The maximum absolute atomic E-state index is 10.8. The number of rotatable bonds is 5. The summed E-state index contributed by atoms with van der Waals surface area (Å²) in [5.41, 5.74) is 0.431. The SMILES string of the molecule is CCC(Sc1nc(C)c(C(=O)O)s1)C(=O)O. The molecular formula is C9H11NO4S2. The highest BCUT2D eigenvalue weighted by atomic mass is 32.2. The summed E-state index contributed by atoms with van der Waals surface area (Å²) in [4.78, 5) is 25.8. The molecule has 1 aromatic heterocycles. The molecule has 1 rings (SSSR count). The minimum atomic E-state index is -1.02. The number of aromatic carboxylic acids is 1. The van der Waals surface area contributed by atoms with Crippen LogP contribution in [0.15, 0.2) is 4.34 Å². The van der Waals surface area contributed by atoms with E-state index in [1.165, 1.54) is 0 Å². The van der Waals surface area contributed by atoms with Gasteiger partial charge in [0.25, 0.3) is 0 Å². The lowest BCUT2D eigenvalue weighted by Gasteiger charge is -2.05. The third kappa shape index (κ3) is 2.96. The number of hydrogen-bond acceptors (Lipinski definition) is 5. The Balaban J connectivity index is 2.86. The molecule has 16 heavy (non-hydrogen) atoms. The summed E-state index contributed by atoms with van der Waals surface area (Å²) in [6, 6.07) is 0. The van der Waals surface area contributed by atoms with Gasteiger partial charge in [0.15, 0.2) is 4.34 Å². The first-order valence-corrected chi connectivity index (χ1v) is 6.25. The number of thioether (sulfide) groups is 1. The summed E-state index contributed by atoms with van der Waals surface area (Å²) >= 11 is 2.11. The number of carbonyl (C=O) groups is 2. The molecule has 0 aliphatic carbocycles. The predicted molar refractivity (Wildman–Crippen MR) is 61.4 cm³/mol. The minimum absolute atomic E-state index is 0.169. The topological polar surface area (TPSA) is 87.5 Å². The first-order valence-electron chi connectivity index (χ1n) is 4.55. The molecule has 0 saturated heterocycles. The summed E-state index contributed by atoms with van der Waals surface area (Å²) in [5, 5.41) is 17.1. The second kappa shape index (κ2) is 5.31. The summed E-state index contributed by atoms with van der Waals surface area (Å²) in [6.07, 6.45) is 0.473. The number of thiazole rings is 1. The molecule has 0 amide bonds. The number of aliphatic carboxylic acids is 1. The fourth-order valence-electron chi connectivity index (χ4n) is 1.05. The van der Waals surface area contributed by atoms with E-state index in [0.717, 1.165) is 23.1 Å². The average Bonchev–Trinajstić information content (AvgIpc) is 2.55. The minimum Gasteiger partial charge on any atom is -0.480 e. The number of aromatic nitrogens is 1. The maximum Gasteiger partial charge on any atom is 0.347 e. The summed E-state index contributed by atoms with van der Waals surface area (Å²) < 4.78 is 0.490. The van der Waals surface area contributed by atoms with Gasteiger partial charge >= 0.3 is 11.9 Å². The van der Waals surface area contributed by atoms with Crippen molar-refractivity contribution in [1.82, 2.24) is 4.98 Å². The Morgan fingerprint density at radius 1 is 1.50 bits per heavy atom. The zero-order chi connectivity index (χ0) is 12.3. The molecule has 7 heteroatoms. The molecule has 0 bridgehead atoms. The second-order valence-corrected chi connectivity index (χ2v) is 5.50. The fourth-order valence-corrected chi connectivity index (χ4v) is 3.18. The molecule has 0 radical (unpaired) electrons. The molecule has 0 spiro atoms. The van der Waals surface area contributed by atoms with Crippen LogP contribution in [0, 0.1) is 6.92 Å². The quantitative estimate of drug-likeness (QED) is 0.789. The van der Waals surface area contributed by atoms with Gasteiger partial charge in [-0.1, -0.05) is 18.7 Å². The zero-order valence-electron chi connectivity index (χ0n) is 8.76. The molecule has 88 valence electrons.